The molecule has 0 aliphatic rings. The van der Waals surface area contributed by atoms with Crippen molar-refractivity contribution in [2.24, 2.45) is 30.4 Å². The fraction of sp³-hybridized carbons (Fsp3) is 0.800. The van der Waals surface area contributed by atoms with E-state index in [0.717, 1.165) is 0 Å². The van der Waals surface area contributed by atoms with Gasteiger partial charge < -0.3 is 37.9 Å². The third-order valence-corrected chi connectivity index (χ3v) is 8.61. The molecule has 20 nitrogen and oxygen atoms in total. The van der Waals surface area contributed by atoms with Gasteiger partial charge in [-0.2, -0.15) is 31.0 Å². The normalized spacial score (nSPS) is 17.5. The molecule has 0 aliphatic carbocycles. The van der Waals surface area contributed by atoms with E-state index < -0.39 is 71.4 Å². The second-order valence-corrected chi connectivity index (χ2v) is 14.5. The summed E-state index contributed by atoms with van der Waals surface area (Å²) in [5.74, 6) is -2.19. The van der Waals surface area contributed by atoms with Crippen LogP contribution >= 0.6 is 0 Å². The number of rotatable bonds is 33. The Kier molecular flexibility index (Phi) is 26.4. The lowest BCUT2D eigenvalue weighted by atomic mass is 9.97. The van der Waals surface area contributed by atoms with E-state index in [1.807, 2.05) is 12.1 Å². The van der Waals surface area contributed by atoms with Gasteiger partial charge in [0.1, 0.15) is 0 Å². The topological polar surface area (TPSA) is 264 Å². The number of aliphatic imine (C=N–C) groups is 2. The van der Waals surface area contributed by atoms with Crippen LogP contribution in [0.5, 0.6) is 0 Å². The Morgan fingerprint density at radius 2 is 0.800 bits per heavy atom. The third kappa shape index (κ3) is 25.0. The highest BCUT2D eigenvalue weighted by Gasteiger charge is 2.31. The van der Waals surface area contributed by atoms with E-state index in [0.29, 0.717) is 26.1 Å². The molecule has 20 heteroatoms. The van der Waals surface area contributed by atoms with Crippen molar-refractivity contribution in [2.75, 3.05) is 26.4 Å². The molecule has 0 amide bonds. The molecular weight excluding hydrogens is 784 g/mol. The molecular formula is C40H66N8O12. The van der Waals surface area contributed by atoms with E-state index in [9.17, 15) is 29.7 Å². The summed E-state index contributed by atoms with van der Waals surface area (Å²) in [6.45, 7) is 24.6. The number of carbonyl (C=O) groups is 4. The van der Waals surface area contributed by atoms with Gasteiger partial charge in [-0.25, -0.2) is 0 Å². The van der Waals surface area contributed by atoms with E-state index in [4.69, 9.17) is 37.9 Å². The highest BCUT2D eigenvalue weighted by molar-refractivity contribution is 5.70. The molecule has 0 saturated heterocycles. The monoisotopic (exact) mass is 850 g/mol. The molecule has 8 atom stereocenters. The first kappa shape index (κ1) is 55.2. The average Bonchev–Trinajstić information content (AvgIpc) is 3.20. The summed E-state index contributed by atoms with van der Waals surface area (Å²) in [6.07, 6.45) is -2.03. The largest absolute Gasteiger partial charge is 0.436 e. The summed E-state index contributed by atoms with van der Waals surface area (Å²) < 4.78 is 42.5. The molecule has 0 N–H and O–H groups in total. The van der Waals surface area contributed by atoms with Crippen molar-refractivity contribution in [2.45, 2.75) is 181 Å². The van der Waals surface area contributed by atoms with E-state index >= 15 is 0 Å². The Balaban J connectivity index is 4.61. The van der Waals surface area contributed by atoms with Gasteiger partial charge >= 0.3 is 23.9 Å². The fourth-order valence-corrected chi connectivity index (χ4v) is 4.67. The van der Waals surface area contributed by atoms with Gasteiger partial charge in [0.15, 0.2) is 47.6 Å². The van der Waals surface area contributed by atoms with Crippen molar-refractivity contribution in [1.29, 1.82) is 10.5 Å². The van der Waals surface area contributed by atoms with Gasteiger partial charge in [-0.1, -0.05) is 0 Å². The van der Waals surface area contributed by atoms with Crippen molar-refractivity contribution in [3.05, 3.63) is 0 Å². The number of carbonyl (C=O) groups excluding carboxylic acids is 4. The van der Waals surface area contributed by atoms with Crippen LogP contribution in [-0.2, 0) is 57.1 Å². The van der Waals surface area contributed by atoms with Crippen LogP contribution in [0.4, 0.5) is 0 Å². The summed E-state index contributed by atoms with van der Waals surface area (Å²) in [4.78, 5) is 57.3. The number of nitriles is 2. The van der Waals surface area contributed by atoms with Crippen molar-refractivity contribution in [1.82, 2.24) is 0 Å². The summed E-state index contributed by atoms with van der Waals surface area (Å²) >= 11 is 0. The summed E-state index contributed by atoms with van der Waals surface area (Å²) in [5, 5.41) is 36.0. The summed E-state index contributed by atoms with van der Waals surface area (Å²) in [7, 11) is 0. The molecule has 0 aromatic rings. The molecule has 0 heterocycles. The number of azo groups is 2. The average molecular weight is 851 g/mol. The first-order valence-corrected chi connectivity index (χ1v) is 20.0. The first-order chi connectivity index (χ1) is 28.1. The van der Waals surface area contributed by atoms with Crippen LogP contribution in [0.1, 0.15) is 133 Å². The van der Waals surface area contributed by atoms with Gasteiger partial charge in [-0.3, -0.25) is 29.2 Å². The quantitative estimate of drug-likeness (QED) is 0.0163. The molecule has 0 rings (SSSR count). The predicted molar refractivity (Wildman–Crippen MR) is 217 cm³/mol. The smallest absolute Gasteiger partial charge is 0.308 e. The molecule has 0 radical (unpaired) electrons. The lowest BCUT2D eigenvalue weighted by Gasteiger charge is -2.23. The van der Waals surface area contributed by atoms with Gasteiger partial charge in [0.05, 0.1) is 25.4 Å². The molecule has 0 spiro atoms. The molecule has 0 aromatic heterocycles. The number of ether oxygens (including phenoxy) is 8. The van der Waals surface area contributed by atoms with Crippen molar-refractivity contribution in [3.8, 4) is 12.1 Å². The highest BCUT2D eigenvalue weighted by Crippen LogP contribution is 2.27. The summed E-state index contributed by atoms with van der Waals surface area (Å²) in [5.41, 5.74) is -5.13. The van der Waals surface area contributed by atoms with Crippen molar-refractivity contribution < 1.29 is 57.1 Å². The van der Waals surface area contributed by atoms with Crippen LogP contribution in [0, 0.1) is 22.7 Å². The van der Waals surface area contributed by atoms with Crippen LogP contribution in [-0.4, -0.2) is 111 Å². The Morgan fingerprint density at radius 1 is 0.517 bits per heavy atom. The number of unbranched alkanes of at least 4 members (excludes halogenated alkanes) is 1. The molecule has 0 aliphatic heterocycles. The predicted octanol–water partition coefficient (Wildman–Crippen LogP) is 6.85. The maximum Gasteiger partial charge on any atom is 0.308 e. The molecule has 0 aromatic carbocycles. The first-order valence-electron chi connectivity index (χ1n) is 20.0. The Labute approximate surface area is 354 Å². The third-order valence-electron chi connectivity index (χ3n) is 8.61. The maximum absolute atomic E-state index is 12.5. The lowest BCUT2D eigenvalue weighted by Crippen LogP contribution is -2.27. The van der Waals surface area contributed by atoms with Gasteiger partial charge in [-0.05, 0) is 108 Å². The minimum Gasteiger partial charge on any atom is -0.436 e. The van der Waals surface area contributed by atoms with Gasteiger partial charge in [0.2, 0.25) is 0 Å². The van der Waals surface area contributed by atoms with Gasteiger partial charge in [-0.15, -0.1) is 0 Å². The molecule has 338 valence electrons. The van der Waals surface area contributed by atoms with Gasteiger partial charge in [0.25, 0.3) is 0 Å². The Morgan fingerprint density at radius 3 is 1.07 bits per heavy atom. The standard InChI is InChI=1S/C40H66N8O12/c1-13-53-29(3)57-33(49)17-21-37(7,27-41)45-46-38(8,28-42)22-18-34(50)59-31(5)55-25-15-16-26-56-32(6)60-36(52)20-24-40(10,44-12)48-47-39(9,43-11)23-19-35(51)58-30(4)54-14-2/h29-32H,11-26H2,1-10H3. The van der Waals surface area contributed by atoms with Gasteiger partial charge in [0, 0.05) is 51.7 Å². The minimum absolute atomic E-state index is 0.00152. The second-order valence-electron chi connectivity index (χ2n) is 14.5. The number of nitrogens with zero attached hydrogens (tertiary/aromatic N) is 8. The van der Waals surface area contributed by atoms with Crippen molar-refractivity contribution >= 4 is 37.3 Å². The second kappa shape index (κ2) is 28.7. The molecule has 60 heavy (non-hydrogen) atoms. The molecule has 0 saturated carbocycles. The Bertz CT molecular complexity index is 1520. The van der Waals surface area contributed by atoms with Crippen LogP contribution < -0.4 is 0 Å². The lowest BCUT2D eigenvalue weighted by molar-refractivity contribution is -0.179. The van der Waals surface area contributed by atoms with E-state index in [-0.39, 0.29) is 64.6 Å². The molecule has 0 fully saturated rings. The van der Waals surface area contributed by atoms with Crippen LogP contribution in [0.2, 0.25) is 0 Å². The minimum atomic E-state index is -1.43. The number of hydrogen-bond acceptors (Lipinski definition) is 20. The van der Waals surface area contributed by atoms with Crippen LogP contribution in [0.3, 0.4) is 0 Å². The van der Waals surface area contributed by atoms with Crippen LogP contribution in [0.15, 0.2) is 30.4 Å². The zero-order chi connectivity index (χ0) is 45.8. The SMILES string of the molecule is C=NC(C)(CCC(=O)OC(C)OCC)N=NC(C)(CCC(=O)OC(C)OCCCCOC(C)OC(=O)CCC(C)(C#N)N=NC(C)(C#N)CCC(=O)OC(C)OCC)N=C. The van der Waals surface area contributed by atoms with E-state index in [1.54, 1.807) is 55.4 Å². The number of esters is 4. The van der Waals surface area contributed by atoms with Crippen molar-refractivity contribution in [3.63, 3.8) is 0 Å². The zero-order valence-corrected chi connectivity index (χ0v) is 37.1. The zero-order valence-electron chi connectivity index (χ0n) is 37.1. The van der Waals surface area contributed by atoms with E-state index in [2.05, 4.69) is 43.9 Å². The molecule has 0 bridgehead atoms. The fourth-order valence-electron chi connectivity index (χ4n) is 4.67. The van der Waals surface area contributed by atoms with Crippen LogP contribution in [0.25, 0.3) is 0 Å². The molecule has 8 unspecified atom stereocenters. The summed E-state index contributed by atoms with van der Waals surface area (Å²) in [6, 6.07) is 4.02. The van der Waals surface area contributed by atoms with E-state index in [1.165, 1.54) is 13.8 Å². The Hall–Kier alpha value is -4.76. The maximum atomic E-state index is 12.5. The highest BCUT2D eigenvalue weighted by atomic mass is 16.7. The number of hydrogen-bond donors (Lipinski definition) is 0.